The minimum atomic E-state index is 0.928. The van der Waals surface area contributed by atoms with Crippen LogP contribution in [0.4, 0.5) is 0 Å². The predicted octanol–water partition coefficient (Wildman–Crippen LogP) is 8.50. The monoisotopic (exact) mass is 366 g/mol. The fourth-order valence-electron chi connectivity index (χ4n) is 3.45. The number of unbranched alkanes of at least 4 members (excludes halogenated alkanes) is 8. The van der Waals surface area contributed by atoms with Crippen molar-refractivity contribution in [2.75, 3.05) is 0 Å². The van der Waals surface area contributed by atoms with Gasteiger partial charge in [-0.1, -0.05) is 89.5 Å². The van der Waals surface area contributed by atoms with E-state index in [4.69, 9.17) is 4.74 Å². The second kappa shape index (κ2) is 13.4. The van der Waals surface area contributed by atoms with E-state index in [1.165, 1.54) is 88.2 Å². The van der Waals surface area contributed by atoms with Crippen LogP contribution >= 0.6 is 0 Å². The fraction of sp³-hybridized carbons (Fsp3) is 0.538. The van der Waals surface area contributed by atoms with Gasteiger partial charge in [0.2, 0.25) is 0 Å². The number of rotatable bonds is 14. The van der Waals surface area contributed by atoms with E-state index in [1.807, 2.05) is 0 Å². The second-order valence-electron chi connectivity index (χ2n) is 7.72. The van der Waals surface area contributed by atoms with Crippen LogP contribution in [0.15, 0.2) is 48.5 Å². The molecule has 0 heterocycles. The summed E-state index contributed by atoms with van der Waals surface area (Å²) in [6.07, 6.45) is 15.7. The van der Waals surface area contributed by atoms with Crippen molar-refractivity contribution in [3.63, 3.8) is 0 Å². The third-order valence-corrected chi connectivity index (χ3v) is 5.22. The van der Waals surface area contributed by atoms with Crippen molar-refractivity contribution in [2.45, 2.75) is 90.9 Å². The lowest BCUT2D eigenvalue weighted by atomic mass is 10.1. The molecule has 0 amide bonds. The third kappa shape index (κ3) is 9.13. The zero-order valence-electron chi connectivity index (χ0n) is 17.5. The molecule has 0 spiro atoms. The molecule has 0 aromatic heterocycles. The number of hydrogen-bond donors (Lipinski definition) is 0. The van der Waals surface area contributed by atoms with Crippen molar-refractivity contribution in [1.29, 1.82) is 0 Å². The van der Waals surface area contributed by atoms with Gasteiger partial charge in [0.05, 0.1) is 0 Å². The van der Waals surface area contributed by atoms with Crippen LogP contribution in [0.2, 0.25) is 0 Å². The predicted molar refractivity (Wildman–Crippen MR) is 118 cm³/mol. The van der Waals surface area contributed by atoms with Gasteiger partial charge in [0, 0.05) is 0 Å². The molecule has 0 N–H and O–H groups in total. The van der Waals surface area contributed by atoms with E-state index >= 15 is 0 Å². The van der Waals surface area contributed by atoms with E-state index in [2.05, 4.69) is 62.4 Å². The summed E-state index contributed by atoms with van der Waals surface area (Å²) in [5, 5.41) is 0. The zero-order valence-corrected chi connectivity index (χ0v) is 17.5. The Morgan fingerprint density at radius 3 is 1.22 bits per heavy atom. The smallest absolute Gasteiger partial charge is 0.127 e. The van der Waals surface area contributed by atoms with Crippen LogP contribution in [0, 0.1) is 0 Å². The Kier molecular flexibility index (Phi) is 10.7. The highest BCUT2D eigenvalue weighted by molar-refractivity contribution is 5.34. The van der Waals surface area contributed by atoms with E-state index < -0.39 is 0 Å². The average Bonchev–Trinajstić information content (AvgIpc) is 2.70. The molecule has 1 heteroatoms. The molecule has 0 saturated heterocycles. The van der Waals surface area contributed by atoms with Crippen LogP contribution in [-0.4, -0.2) is 0 Å². The summed E-state index contributed by atoms with van der Waals surface area (Å²) in [5.41, 5.74) is 2.83. The molecular weight excluding hydrogens is 328 g/mol. The average molecular weight is 367 g/mol. The summed E-state index contributed by atoms with van der Waals surface area (Å²) in [4.78, 5) is 0. The molecule has 2 aromatic carbocycles. The highest BCUT2D eigenvalue weighted by Crippen LogP contribution is 2.23. The topological polar surface area (TPSA) is 9.23 Å². The maximum atomic E-state index is 6.00. The Labute approximate surface area is 167 Å². The minimum Gasteiger partial charge on any atom is -0.457 e. The van der Waals surface area contributed by atoms with Gasteiger partial charge in [-0.25, -0.2) is 0 Å². The molecule has 0 unspecified atom stereocenters. The fourth-order valence-corrected chi connectivity index (χ4v) is 3.45. The van der Waals surface area contributed by atoms with Crippen LogP contribution in [0.1, 0.15) is 89.2 Å². The summed E-state index contributed by atoms with van der Waals surface area (Å²) in [6.45, 7) is 4.53. The van der Waals surface area contributed by atoms with Crippen molar-refractivity contribution >= 4 is 0 Å². The molecule has 2 rings (SSSR count). The van der Waals surface area contributed by atoms with E-state index in [-0.39, 0.29) is 0 Å². The van der Waals surface area contributed by atoms with Gasteiger partial charge in [0.15, 0.2) is 0 Å². The van der Waals surface area contributed by atoms with Gasteiger partial charge in [-0.05, 0) is 61.1 Å². The summed E-state index contributed by atoms with van der Waals surface area (Å²) in [7, 11) is 0. The van der Waals surface area contributed by atoms with E-state index in [9.17, 15) is 0 Å². The SMILES string of the molecule is CCCCCCCc1ccc(Oc2ccc(CCCCCCC)cc2)cc1. The van der Waals surface area contributed by atoms with Gasteiger partial charge in [-0.2, -0.15) is 0 Å². The summed E-state index contributed by atoms with van der Waals surface area (Å²) in [5.74, 6) is 1.86. The highest BCUT2D eigenvalue weighted by atomic mass is 16.5. The van der Waals surface area contributed by atoms with Gasteiger partial charge in [0.1, 0.15) is 11.5 Å². The molecule has 148 valence electrons. The molecule has 27 heavy (non-hydrogen) atoms. The van der Waals surface area contributed by atoms with Crippen LogP contribution < -0.4 is 4.74 Å². The lowest BCUT2D eigenvalue weighted by molar-refractivity contribution is 0.482. The Morgan fingerprint density at radius 1 is 0.481 bits per heavy atom. The second-order valence-corrected chi connectivity index (χ2v) is 7.72. The van der Waals surface area contributed by atoms with Crippen molar-refractivity contribution < 1.29 is 4.74 Å². The van der Waals surface area contributed by atoms with Crippen LogP contribution in [0.3, 0.4) is 0 Å². The van der Waals surface area contributed by atoms with Crippen LogP contribution in [-0.2, 0) is 12.8 Å². The summed E-state index contributed by atoms with van der Waals surface area (Å²) < 4.78 is 6.00. The molecule has 0 fully saturated rings. The third-order valence-electron chi connectivity index (χ3n) is 5.22. The van der Waals surface area contributed by atoms with Crippen molar-refractivity contribution in [1.82, 2.24) is 0 Å². The number of aryl methyl sites for hydroxylation is 2. The van der Waals surface area contributed by atoms with Gasteiger partial charge in [-0.3, -0.25) is 0 Å². The first-order chi connectivity index (χ1) is 13.3. The summed E-state index contributed by atoms with van der Waals surface area (Å²) in [6, 6.07) is 17.2. The van der Waals surface area contributed by atoms with Gasteiger partial charge in [0.25, 0.3) is 0 Å². The van der Waals surface area contributed by atoms with Crippen molar-refractivity contribution in [3.05, 3.63) is 59.7 Å². The lowest BCUT2D eigenvalue weighted by Gasteiger charge is -2.08. The normalized spacial score (nSPS) is 10.9. The Bertz CT molecular complexity index is 542. The van der Waals surface area contributed by atoms with Gasteiger partial charge < -0.3 is 4.74 Å². The maximum absolute atomic E-state index is 6.00. The Morgan fingerprint density at radius 2 is 0.852 bits per heavy atom. The first-order valence-electron chi connectivity index (χ1n) is 11.2. The molecule has 0 radical (unpaired) electrons. The van der Waals surface area contributed by atoms with Crippen molar-refractivity contribution in [2.24, 2.45) is 0 Å². The quantitative estimate of drug-likeness (QED) is 0.304. The van der Waals surface area contributed by atoms with Crippen LogP contribution in [0.5, 0.6) is 11.5 Å². The standard InChI is InChI=1S/C26H38O/c1-3-5-7-9-11-13-23-15-19-25(20-16-23)27-26-21-17-24(18-22-26)14-12-10-8-6-4-2/h15-22H,3-14H2,1-2H3. The summed E-state index contributed by atoms with van der Waals surface area (Å²) >= 11 is 0. The largest absolute Gasteiger partial charge is 0.457 e. The molecular formula is C26H38O. The Balaban J connectivity index is 1.71. The lowest BCUT2D eigenvalue weighted by Crippen LogP contribution is -1.89. The Hall–Kier alpha value is -1.76. The van der Waals surface area contributed by atoms with Gasteiger partial charge in [-0.15, -0.1) is 0 Å². The minimum absolute atomic E-state index is 0.928. The number of benzene rings is 2. The zero-order chi connectivity index (χ0) is 19.2. The molecule has 0 aliphatic heterocycles. The molecule has 2 aromatic rings. The molecule has 0 aliphatic rings. The maximum Gasteiger partial charge on any atom is 0.127 e. The van der Waals surface area contributed by atoms with E-state index in [0.717, 1.165) is 11.5 Å². The first-order valence-corrected chi connectivity index (χ1v) is 11.2. The van der Waals surface area contributed by atoms with Gasteiger partial charge >= 0.3 is 0 Å². The number of hydrogen-bond acceptors (Lipinski definition) is 1. The highest BCUT2D eigenvalue weighted by Gasteiger charge is 2.00. The van der Waals surface area contributed by atoms with E-state index in [1.54, 1.807) is 0 Å². The molecule has 0 saturated carbocycles. The number of ether oxygens (including phenoxy) is 1. The molecule has 0 bridgehead atoms. The molecule has 0 atom stereocenters. The van der Waals surface area contributed by atoms with Crippen molar-refractivity contribution in [3.8, 4) is 11.5 Å². The molecule has 1 nitrogen and oxygen atoms in total. The molecule has 0 aliphatic carbocycles. The first kappa shape index (κ1) is 21.5. The van der Waals surface area contributed by atoms with E-state index in [0.29, 0.717) is 0 Å². The van der Waals surface area contributed by atoms with Crippen LogP contribution in [0.25, 0.3) is 0 Å².